The summed E-state index contributed by atoms with van der Waals surface area (Å²) in [4.78, 5) is 32.8. The maximum atomic E-state index is 13.6. The number of amides is 1. The minimum atomic E-state index is -0.506. The molecule has 2 aliphatic rings. The highest BCUT2D eigenvalue weighted by atomic mass is 32.1. The van der Waals surface area contributed by atoms with Crippen LogP contribution in [0.3, 0.4) is 0 Å². The highest BCUT2D eigenvalue weighted by Crippen LogP contribution is 2.46. The van der Waals surface area contributed by atoms with E-state index in [1.807, 2.05) is 20.8 Å². The zero-order valence-electron chi connectivity index (χ0n) is 22.9. The first kappa shape index (κ1) is 27.3. The molecule has 1 aliphatic heterocycles. The third-order valence-electron chi connectivity index (χ3n) is 7.54. The molecule has 1 amide bonds. The van der Waals surface area contributed by atoms with Gasteiger partial charge in [-0.2, -0.15) is 0 Å². The number of esters is 1. The Balaban J connectivity index is 1.42. The first-order chi connectivity index (χ1) is 18.6. The van der Waals surface area contributed by atoms with Gasteiger partial charge in [0.15, 0.2) is 0 Å². The van der Waals surface area contributed by atoms with Crippen LogP contribution in [0, 0.1) is 11.7 Å². The Labute approximate surface area is 233 Å². The number of benzene rings is 2. The Morgan fingerprint density at radius 3 is 2.26 bits per heavy atom. The van der Waals surface area contributed by atoms with Crippen LogP contribution in [0.1, 0.15) is 69.5 Å². The molecular formula is C31H35FN2O4S. The monoisotopic (exact) mass is 550 g/mol. The maximum absolute atomic E-state index is 13.6. The zero-order chi connectivity index (χ0) is 27.7. The quantitative estimate of drug-likeness (QED) is 0.310. The van der Waals surface area contributed by atoms with Crippen LogP contribution in [0.4, 0.5) is 9.18 Å². The van der Waals surface area contributed by atoms with Crippen molar-refractivity contribution in [2.45, 2.75) is 63.9 Å². The van der Waals surface area contributed by atoms with Gasteiger partial charge in [0, 0.05) is 30.5 Å². The van der Waals surface area contributed by atoms with Gasteiger partial charge in [0.2, 0.25) is 0 Å². The number of carbonyl (C=O) groups excluding carboxylic acids is 2. The van der Waals surface area contributed by atoms with Crippen LogP contribution in [-0.2, 0) is 14.3 Å². The summed E-state index contributed by atoms with van der Waals surface area (Å²) < 4.78 is 24.2. The van der Waals surface area contributed by atoms with Crippen molar-refractivity contribution in [3.05, 3.63) is 65.6 Å². The van der Waals surface area contributed by atoms with E-state index in [4.69, 9.17) is 14.5 Å². The van der Waals surface area contributed by atoms with Crippen molar-refractivity contribution in [1.82, 2.24) is 9.88 Å². The van der Waals surface area contributed by atoms with Crippen molar-refractivity contribution in [2.75, 3.05) is 20.2 Å². The average molecular weight is 551 g/mol. The third-order valence-corrected chi connectivity index (χ3v) is 8.71. The number of carbonyl (C=O) groups is 2. The molecule has 1 saturated heterocycles. The molecule has 39 heavy (non-hydrogen) atoms. The van der Waals surface area contributed by atoms with E-state index < -0.39 is 5.60 Å². The molecular weight excluding hydrogens is 515 g/mol. The van der Waals surface area contributed by atoms with Gasteiger partial charge in [0.05, 0.1) is 23.6 Å². The molecule has 2 fully saturated rings. The van der Waals surface area contributed by atoms with Gasteiger partial charge in [-0.15, -0.1) is 11.3 Å². The van der Waals surface area contributed by atoms with Crippen LogP contribution < -0.4 is 0 Å². The van der Waals surface area contributed by atoms with Gasteiger partial charge in [0.25, 0.3) is 0 Å². The topological polar surface area (TPSA) is 68.7 Å². The third kappa shape index (κ3) is 6.01. The van der Waals surface area contributed by atoms with Crippen molar-refractivity contribution in [2.24, 2.45) is 5.92 Å². The first-order valence-corrected chi connectivity index (χ1v) is 14.4. The molecule has 2 atom stereocenters. The van der Waals surface area contributed by atoms with Crippen LogP contribution in [0.2, 0.25) is 0 Å². The molecule has 0 bridgehead atoms. The molecule has 2 aromatic carbocycles. The molecule has 8 heteroatoms. The predicted octanol–water partition coefficient (Wildman–Crippen LogP) is 7.40. The molecule has 0 N–H and O–H groups in total. The van der Waals surface area contributed by atoms with Crippen LogP contribution in [0.25, 0.3) is 21.0 Å². The van der Waals surface area contributed by atoms with Crippen LogP contribution in [-0.4, -0.2) is 47.7 Å². The average Bonchev–Trinajstić information content (AvgIpc) is 3.32. The Bertz CT molecular complexity index is 1320. The largest absolute Gasteiger partial charge is 0.469 e. The molecule has 206 valence electrons. The van der Waals surface area contributed by atoms with Crippen molar-refractivity contribution < 1.29 is 23.5 Å². The molecule has 1 aromatic heterocycles. The summed E-state index contributed by atoms with van der Waals surface area (Å²) >= 11 is 1.57. The van der Waals surface area contributed by atoms with Gasteiger partial charge < -0.3 is 14.4 Å². The van der Waals surface area contributed by atoms with E-state index in [-0.39, 0.29) is 35.6 Å². The second-order valence-corrected chi connectivity index (χ2v) is 12.5. The number of thiazole rings is 1. The van der Waals surface area contributed by atoms with Crippen LogP contribution >= 0.6 is 11.3 Å². The number of aromatic nitrogens is 1. The van der Waals surface area contributed by atoms with Gasteiger partial charge in [0.1, 0.15) is 16.4 Å². The molecule has 3 aromatic rings. The second-order valence-electron chi connectivity index (χ2n) is 11.5. The molecule has 0 spiro atoms. The summed E-state index contributed by atoms with van der Waals surface area (Å²) in [5.41, 5.74) is 3.48. The van der Waals surface area contributed by atoms with E-state index in [1.54, 1.807) is 28.4 Å². The highest BCUT2D eigenvalue weighted by molar-refractivity contribution is 7.18. The molecule has 1 saturated carbocycles. The molecule has 5 rings (SSSR count). The van der Waals surface area contributed by atoms with E-state index in [0.29, 0.717) is 13.1 Å². The van der Waals surface area contributed by atoms with Gasteiger partial charge in [-0.25, -0.2) is 14.2 Å². The summed E-state index contributed by atoms with van der Waals surface area (Å²) in [5, 5.41) is 0.810. The Morgan fingerprint density at radius 1 is 0.974 bits per heavy atom. The Morgan fingerprint density at radius 2 is 1.62 bits per heavy atom. The number of nitrogens with zero attached hydrogens (tertiary/aromatic N) is 2. The van der Waals surface area contributed by atoms with Crippen LogP contribution in [0.5, 0.6) is 0 Å². The Hall–Kier alpha value is -3.26. The lowest BCUT2D eigenvalue weighted by molar-refractivity contribution is -0.147. The number of methoxy groups -OCH3 is 1. The van der Waals surface area contributed by atoms with Crippen molar-refractivity contribution in [3.63, 3.8) is 0 Å². The van der Waals surface area contributed by atoms with Crippen molar-refractivity contribution in [3.8, 4) is 21.0 Å². The van der Waals surface area contributed by atoms with E-state index in [9.17, 15) is 14.0 Å². The van der Waals surface area contributed by atoms with E-state index >= 15 is 0 Å². The normalized spacial score (nSPS) is 19.9. The lowest BCUT2D eigenvalue weighted by Crippen LogP contribution is -2.50. The number of hydrogen-bond acceptors (Lipinski definition) is 6. The summed E-state index contributed by atoms with van der Waals surface area (Å²) in [6, 6.07) is 14.8. The summed E-state index contributed by atoms with van der Waals surface area (Å²) in [6.07, 6.45) is 3.42. The summed E-state index contributed by atoms with van der Waals surface area (Å²) in [6.45, 7) is 6.89. The number of halogens is 1. The smallest absolute Gasteiger partial charge is 0.410 e. The van der Waals surface area contributed by atoms with Crippen LogP contribution in [0.15, 0.2) is 48.5 Å². The maximum Gasteiger partial charge on any atom is 0.410 e. The lowest BCUT2D eigenvalue weighted by atomic mass is 9.76. The van der Waals surface area contributed by atoms with Crippen molar-refractivity contribution >= 4 is 23.4 Å². The zero-order valence-corrected chi connectivity index (χ0v) is 23.7. The summed E-state index contributed by atoms with van der Waals surface area (Å²) in [7, 11) is 1.45. The number of ether oxygens (including phenoxy) is 2. The van der Waals surface area contributed by atoms with E-state index in [0.717, 1.165) is 52.4 Å². The first-order valence-electron chi connectivity index (χ1n) is 13.6. The number of likely N-dealkylation sites (tertiary alicyclic amines) is 1. The minimum absolute atomic E-state index is 0.0275. The van der Waals surface area contributed by atoms with E-state index in [1.165, 1.54) is 24.8 Å². The molecule has 6 nitrogen and oxygen atoms in total. The minimum Gasteiger partial charge on any atom is -0.469 e. The number of hydrogen-bond donors (Lipinski definition) is 0. The Kier molecular flexibility index (Phi) is 7.76. The molecule has 0 radical (unpaired) electrons. The fourth-order valence-electron chi connectivity index (χ4n) is 5.47. The fourth-order valence-corrected chi connectivity index (χ4v) is 6.62. The van der Waals surface area contributed by atoms with Gasteiger partial charge in [-0.05, 0) is 69.0 Å². The van der Waals surface area contributed by atoms with Gasteiger partial charge >= 0.3 is 12.1 Å². The summed E-state index contributed by atoms with van der Waals surface area (Å²) in [5.74, 6) is -0.453. The predicted molar refractivity (Wildman–Crippen MR) is 150 cm³/mol. The van der Waals surface area contributed by atoms with E-state index in [2.05, 4.69) is 24.3 Å². The fraction of sp³-hybridized carbons (Fsp3) is 0.452. The lowest BCUT2D eigenvalue weighted by Gasteiger charge is -2.40. The molecule has 1 aliphatic carbocycles. The molecule has 0 unspecified atom stereocenters. The highest BCUT2D eigenvalue weighted by Gasteiger charge is 2.37. The number of rotatable bonds is 5. The van der Waals surface area contributed by atoms with Gasteiger partial charge in [-0.3, -0.25) is 4.79 Å². The SMILES string of the molecule is COC(=O)[C@@H]1CCCC[C@H]1c1nc(-c2ccc(F)cc2)sc1-c1ccc(C2CN(C(=O)OC(C)(C)C)C2)cc1. The standard InChI is InChI=1S/C31H35FN2O4S/c1-31(2,3)38-30(36)34-17-22(18-34)19-9-11-20(12-10-19)27-26(24-7-5-6-8-25(24)29(35)37-4)33-28(39-27)21-13-15-23(32)16-14-21/h9-16,22,24-25H,5-8,17-18H2,1-4H3/t24-,25-/m1/s1. The van der Waals surface area contributed by atoms with Gasteiger partial charge in [-0.1, -0.05) is 37.1 Å². The molecule has 2 heterocycles. The van der Waals surface area contributed by atoms with Crippen molar-refractivity contribution in [1.29, 1.82) is 0 Å². The second kappa shape index (κ2) is 11.1.